The van der Waals surface area contributed by atoms with Crippen molar-refractivity contribution in [2.24, 2.45) is 0 Å². The number of benzene rings is 2. The molecule has 2 aromatic rings. The highest BCUT2D eigenvalue weighted by Crippen LogP contribution is 2.38. The molecular weight excluding hydrogens is 293 g/mol. The molecule has 112 valence electrons. The zero-order chi connectivity index (χ0) is 15.4. The highest BCUT2D eigenvalue weighted by atomic mass is 35.5. The number of hydrogen-bond acceptors (Lipinski definition) is 3. The van der Waals surface area contributed by atoms with Crippen LogP contribution in [0.4, 0.5) is 4.39 Å². The van der Waals surface area contributed by atoms with Crippen LogP contribution in [0.25, 0.3) is 11.1 Å². The monoisotopic (exact) mass is 309 g/mol. The minimum Gasteiger partial charge on any atom is -0.493 e. The third-order valence-corrected chi connectivity index (χ3v) is 3.52. The Morgan fingerprint density at radius 2 is 1.71 bits per heavy atom. The van der Waals surface area contributed by atoms with Gasteiger partial charge in [0.25, 0.3) is 0 Å². The number of halogens is 2. The van der Waals surface area contributed by atoms with Crippen LogP contribution >= 0.6 is 11.6 Å². The van der Waals surface area contributed by atoms with Crippen molar-refractivity contribution >= 4 is 11.6 Å². The Hall–Kier alpha value is -1.78. The lowest BCUT2D eigenvalue weighted by molar-refractivity contribution is 0.354. The van der Waals surface area contributed by atoms with E-state index in [4.69, 9.17) is 21.1 Å². The first-order valence-electron chi connectivity index (χ1n) is 6.45. The smallest absolute Gasteiger partial charge is 0.161 e. The number of nitrogens with one attached hydrogen (secondary N) is 1. The summed E-state index contributed by atoms with van der Waals surface area (Å²) in [4.78, 5) is 0. The Kier molecular flexibility index (Phi) is 5.04. The summed E-state index contributed by atoms with van der Waals surface area (Å²) in [5.41, 5.74) is 2.39. The summed E-state index contributed by atoms with van der Waals surface area (Å²) < 4.78 is 24.2. The van der Waals surface area contributed by atoms with Gasteiger partial charge in [-0.15, -0.1) is 0 Å². The molecule has 0 aliphatic carbocycles. The second-order valence-corrected chi connectivity index (χ2v) is 4.93. The van der Waals surface area contributed by atoms with Crippen molar-refractivity contribution in [1.29, 1.82) is 0 Å². The summed E-state index contributed by atoms with van der Waals surface area (Å²) in [5, 5.41) is 3.57. The molecule has 2 aromatic carbocycles. The Labute approximate surface area is 128 Å². The molecule has 0 saturated carbocycles. The Morgan fingerprint density at radius 3 is 2.33 bits per heavy atom. The van der Waals surface area contributed by atoms with E-state index in [0.717, 1.165) is 11.1 Å². The average Bonchev–Trinajstić information content (AvgIpc) is 2.49. The minimum atomic E-state index is -0.334. The van der Waals surface area contributed by atoms with Crippen LogP contribution in [-0.4, -0.2) is 21.3 Å². The summed E-state index contributed by atoms with van der Waals surface area (Å²) in [6.07, 6.45) is 0. The van der Waals surface area contributed by atoms with Gasteiger partial charge in [-0.05, 0) is 48.5 Å². The summed E-state index contributed by atoms with van der Waals surface area (Å²) >= 11 is 6.21. The van der Waals surface area contributed by atoms with Crippen LogP contribution in [0, 0.1) is 5.82 Å². The van der Waals surface area contributed by atoms with Crippen molar-refractivity contribution in [3.8, 4) is 22.6 Å². The van der Waals surface area contributed by atoms with Crippen molar-refractivity contribution in [3.63, 3.8) is 0 Å². The molecule has 3 nitrogen and oxygen atoms in total. The van der Waals surface area contributed by atoms with Crippen LogP contribution in [0.2, 0.25) is 5.02 Å². The van der Waals surface area contributed by atoms with Gasteiger partial charge in [-0.3, -0.25) is 0 Å². The first-order valence-corrected chi connectivity index (χ1v) is 6.83. The van der Waals surface area contributed by atoms with Gasteiger partial charge in [0, 0.05) is 17.1 Å². The third kappa shape index (κ3) is 3.28. The first kappa shape index (κ1) is 15.6. The molecule has 0 spiro atoms. The molecule has 0 bridgehead atoms. The number of rotatable bonds is 5. The van der Waals surface area contributed by atoms with Crippen molar-refractivity contribution < 1.29 is 13.9 Å². The van der Waals surface area contributed by atoms with Crippen molar-refractivity contribution in [2.75, 3.05) is 21.3 Å². The molecule has 0 aliphatic rings. The predicted octanol–water partition coefficient (Wildman–Crippen LogP) is 3.88. The fraction of sp³-hybridized carbons (Fsp3) is 0.250. The van der Waals surface area contributed by atoms with Gasteiger partial charge in [0.05, 0.1) is 14.2 Å². The maximum atomic E-state index is 13.5. The van der Waals surface area contributed by atoms with Gasteiger partial charge in [0.1, 0.15) is 5.82 Å². The Balaban J connectivity index is 2.67. The van der Waals surface area contributed by atoms with Crippen LogP contribution in [0.3, 0.4) is 0 Å². The van der Waals surface area contributed by atoms with Crippen molar-refractivity contribution in [2.45, 2.75) is 6.54 Å². The van der Waals surface area contributed by atoms with Gasteiger partial charge < -0.3 is 14.8 Å². The van der Waals surface area contributed by atoms with E-state index in [-0.39, 0.29) is 5.82 Å². The van der Waals surface area contributed by atoms with Gasteiger partial charge in [0.2, 0.25) is 0 Å². The normalized spacial score (nSPS) is 10.5. The highest BCUT2D eigenvalue weighted by Gasteiger charge is 2.15. The average molecular weight is 310 g/mol. The largest absolute Gasteiger partial charge is 0.493 e. The van der Waals surface area contributed by atoms with Gasteiger partial charge in [-0.1, -0.05) is 11.6 Å². The van der Waals surface area contributed by atoms with Crippen LogP contribution in [0.5, 0.6) is 11.5 Å². The van der Waals surface area contributed by atoms with E-state index in [0.29, 0.717) is 28.6 Å². The van der Waals surface area contributed by atoms with Crippen LogP contribution in [-0.2, 0) is 6.54 Å². The van der Waals surface area contributed by atoms with E-state index in [1.807, 2.05) is 19.2 Å². The molecule has 0 amide bonds. The number of methoxy groups -OCH3 is 2. The van der Waals surface area contributed by atoms with Gasteiger partial charge in [-0.2, -0.15) is 0 Å². The molecule has 0 aromatic heterocycles. The van der Waals surface area contributed by atoms with Crippen molar-refractivity contribution in [1.82, 2.24) is 5.32 Å². The van der Waals surface area contributed by atoms with E-state index in [2.05, 4.69) is 5.32 Å². The topological polar surface area (TPSA) is 30.5 Å². The molecule has 0 unspecified atom stereocenters. The fourth-order valence-corrected chi connectivity index (χ4v) is 2.43. The second-order valence-electron chi connectivity index (χ2n) is 4.52. The quantitative estimate of drug-likeness (QED) is 0.909. The van der Waals surface area contributed by atoms with Crippen molar-refractivity contribution in [3.05, 3.63) is 46.7 Å². The molecule has 0 aliphatic heterocycles. The minimum absolute atomic E-state index is 0.334. The summed E-state index contributed by atoms with van der Waals surface area (Å²) in [5.74, 6) is 0.867. The van der Waals surface area contributed by atoms with E-state index in [1.54, 1.807) is 20.3 Å². The molecule has 21 heavy (non-hydrogen) atoms. The second kappa shape index (κ2) is 6.78. The zero-order valence-corrected chi connectivity index (χ0v) is 12.9. The molecule has 0 atom stereocenters. The van der Waals surface area contributed by atoms with Crippen LogP contribution in [0.15, 0.2) is 30.3 Å². The third-order valence-electron chi connectivity index (χ3n) is 3.20. The standard InChI is InChI=1S/C16H17ClFNO2/c1-19-9-10-6-15(20-2)16(21-3)8-12(10)13-7-11(18)4-5-14(13)17/h4-8,19H,9H2,1-3H3. The molecular formula is C16H17ClFNO2. The van der Waals surface area contributed by atoms with Gasteiger partial charge in [-0.25, -0.2) is 4.39 Å². The van der Waals surface area contributed by atoms with Gasteiger partial charge in [0.15, 0.2) is 11.5 Å². The lowest BCUT2D eigenvalue weighted by atomic mass is 9.98. The lowest BCUT2D eigenvalue weighted by Crippen LogP contribution is -2.07. The fourth-order valence-electron chi connectivity index (χ4n) is 2.21. The first-order chi connectivity index (χ1) is 10.1. The predicted molar refractivity (Wildman–Crippen MR) is 82.7 cm³/mol. The molecule has 5 heteroatoms. The zero-order valence-electron chi connectivity index (χ0n) is 12.2. The lowest BCUT2D eigenvalue weighted by Gasteiger charge is -2.16. The highest BCUT2D eigenvalue weighted by molar-refractivity contribution is 6.33. The molecule has 0 fully saturated rings. The van der Waals surface area contributed by atoms with Gasteiger partial charge >= 0.3 is 0 Å². The summed E-state index contributed by atoms with van der Waals surface area (Å²) in [7, 11) is 4.98. The Morgan fingerprint density at radius 1 is 1.05 bits per heavy atom. The molecule has 2 rings (SSSR count). The number of ether oxygens (including phenoxy) is 2. The molecule has 1 N–H and O–H groups in total. The molecule has 0 saturated heterocycles. The van der Waals surface area contributed by atoms with E-state index in [1.165, 1.54) is 12.1 Å². The van der Waals surface area contributed by atoms with Crippen LogP contribution < -0.4 is 14.8 Å². The summed E-state index contributed by atoms with van der Waals surface area (Å²) in [6.45, 7) is 0.600. The van der Waals surface area contributed by atoms with E-state index in [9.17, 15) is 4.39 Å². The number of hydrogen-bond donors (Lipinski definition) is 1. The SMILES string of the molecule is CNCc1cc(OC)c(OC)cc1-c1cc(F)ccc1Cl. The molecule has 0 heterocycles. The van der Waals surface area contributed by atoms with Crippen LogP contribution in [0.1, 0.15) is 5.56 Å². The maximum absolute atomic E-state index is 13.5. The summed E-state index contributed by atoms with van der Waals surface area (Å²) in [6, 6.07) is 7.98. The molecule has 0 radical (unpaired) electrons. The maximum Gasteiger partial charge on any atom is 0.161 e. The van der Waals surface area contributed by atoms with E-state index < -0.39 is 0 Å². The van der Waals surface area contributed by atoms with E-state index >= 15 is 0 Å². The Bertz CT molecular complexity index is 646.